The van der Waals surface area contributed by atoms with Gasteiger partial charge in [-0.05, 0) is 27.2 Å². The van der Waals surface area contributed by atoms with Crippen LogP contribution >= 0.6 is 0 Å². The highest BCUT2D eigenvalue weighted by Gasteiger charge is 2.19. The van der Waals surface area contributed by atoms with Crippen LogP contribution in [0.3, 0.4) is 0 Å². The second-order valence-electron chi connectivity index (χ2n) is 4.28. The van der Waals surface area contributed by atoms with Gasteiger partial charge in [-0.1, -0.05) is 0 Å². The van der Waals surface area contributed by atoms with Crippen LogP contribution in [0.15, 0.2) is 0 Å². The van der Waals surface area contributed by atoms with Gasteiger partial charge in [-0.2, -0.15) is 0 Å². The van der Waals surface area contributed by atoms with Gasteiger partial charge in [0.2, 0.25) is 5.91 Å². The Balaban J connectivity index is 3.94. The zero-order chi connectivity index (χ0) is 11.4. The third-order valence-electron chi connectivity index (χ3n) is 1.50. The summed E-state index contributed by atoms with van der Waals surface area (Å²) in [5.41, 5.74) is 5.16. The minimum atomic E-state index is -0.941. The molecule has 1 amide bonds. The minimum absolute atomic E-state index is 0.0846. The van der Waals surface area contributed by atoms with Crippen LogP contribution in [0.5, 0.6) is 0 Å². The van der Waals surface area contributed by atoms with E-state index >= 15 is 0 Å². The number of carboxylic acid groups (broad SMARTS) is 1. The molecule has 5 heteroatoms. The number of rotatable bonds is 4. The molecule has 0 saturated carbocycles. The van der Waals surface area contributed by atoms with Crippen LogP contribution in [-0.2, 0) is 9.59 Å². The number of nitrogens with two attached hydrogens (primary N) is 1. The summed E-state index contributed by atoms with van der Waals surface area (Å²) in [6, 6.07) is -0.745. The van der Waals surface area contributed by atoms with Gasteiger partial charge in [0.1, 0.15) is 0 Å². The van der Waals surface area contributed by atoms with E-state index in [1.54, 1.807) is 0 Å². The number of hydrogen-bond donors (Lipinski definition) is 3. The summed E-state index contributed by atoms with van der Waals surface area (Å²) in [7, 11) is 0. The van der Waals surface area contributed by atoms with Gasteiger partial charge in [-0.3, -0.25) is 9.59 Å². The first-order valence-corrected chi connectivity index (χ1v) is 4.52. The van der Waals surface area contributed by atoms with Crippen LogP contribution in [0.1, 0.15) is 33.6 Å². The van der Waals surface area contributed by atoms with Crippen LogP contribution in [0.2, 0.25) is 0 Å². The molecule has 14 heavy (non-hydrogen) atoms. The highest BCUT2D eigenvalue weighted by molar-refractivity contribution is 5.82. The number of hydrogen-bond acceptors (Lipinski definition) is 3. The molecule has 0 unspecified atom stereocenters. The predicted molar refractivity (Wildman–Crippen MR) is 52.7 cm³/mol. The molecule has 0 spiro atoms. The lowest BCUT2D eigenvalue weighted by atomic mass is 10.1. The van der Waals surface area contributed by atoms with Crippen molar-refractivity contribution in [3.63, 3.8) is 0 Å². The fourth-order valence-electron chi connectivity index (χ4n) is 0.872. The van der Waals surface area contributed by atoms with E-state index in [0.29, 0.717) is 0 Å². The maximum absolute atomic E-state index is 11.3. The standard InChI is InChI=1S/C9H18N2O3/c1-9(2,3)11-8(14)6(10)4-5-7(12)13/h6H,4-5,10H2,1-3H3,(H,11,14)(H,12,13)/t6-/m0/s1. The first kappa shape index (κ1) is 12.9. The van der Waals surface area contributed by atoms with E-state index in [0.717, 1.165) is 0 Å². The summed E-state index contributed by atoms with van der Waals surface area (Å²) >= 11 is 0. The van der Waals surface area contributed by atoms with Gasteiger partial charge >= 0.3 is 5.97 Å². The molecule has 0 aliphatic rings. The SMILES string of the molecule is CC(C)(C)NC(=O)[C@@H](N)CCC(=O)O. The lowest BCUT2D eigenvalue weighted by Crippen LogP contribution is -2.49. The number of amides is 1. The van der Waals surface area contributed by atoms with E-state index in [-0.39, 0.29) is 24.3 Å². The lowest BCUT2D eigenvalue weighted by molar-refractivity contribution is -0.137. The highest BCUT2D eigenvalue weighted by atomic mass is 16.4. The Hall–Kier alpha value is -1.10. The number of carboxylic acids is 1. The Morgan fingerprint density at radius 2 is 1.93 bits per heavy atom. The summed E-state index contributed by atoms with van der Waals surface area (Å²) in [5, 5.41) is 11.1. The molecule has 0 aromatic heterocycles. The zero-order valence-corrected chi connectivity index (χ0v) is 8.83. The van der Waals surface area contributed by atoms with E-state index in [4.69, 9.17) is 10.8 Å². The maximum Gasteiger partial charge on any atom is 0.303 e. The van der Waals surface area contributed by atoms with Gasteiger partial charge in [0.05, 0.1) is 6.04 Å². The first-order valence-electron chi connectivity index (χ1n) is 4.52. The molecule has 4 N–H and O–H groups in total. The molecule has 0 aromatic rings. The monoisotopic (exact) mass is 202 g/mol. The first-order chi connectivity index (χ1) is 6.22. The molecule has 0 bridgehead atoms. The van der Waals surface area contributed by atoms with E-state index in [9.17, 15) is 9.59 Å². The largest absolute Gasteiger partial charge is 0.481 e. The van der Waals surface area contributed by atoms with Crippen molar-refractivity contribution in [3.8, 4) is 0 Å². The van der Waals surface area contributed by atoms with Gasteiger partial charge in [0.25, 0.3) is 0 Å². The molecule has 82 valence electrons. The summed E-state index contributed by atoms with van der Waals surface area (Å²) < 4.78 is 0. The zero-order valence-electron chi connectivity index (χ0n) is 8.83. The molecule has 0 radical (unpaired) electrons. The van der Waals surface area contributed by atoms with Gasteiger partial charge in [0.15, 0.2) is 0 Å². The quantitative estimate of drug-likeness (QED) is 0.602. The molecule has 0 fully saturated rings. The smallest absolute Gasteiger partial charge is 0.303 e. The van der Waals surface area contributed by atoms with Gasteiger partial charge < -0.3 is 16.2 Å². The van der Waals surface area contributed by atoms with Crippen molar-refractivity contribution in [2.75, 3.05) is 0 Å². The molecule has 0 saturated heterocycles. The summed E-state index contributed by atoms with van der Waals surface area (Å²) in [4.78, 5) is 21.6. The van der Waals surface area contributed by atoms with Crippen molar-refractivity contribution in [2.24, 2.45) is 5.73 Å². The molecule has 1 atom stereocenters. The Kier molecular flexibility index (Phi) is 4.56. The normalized spacial score (nSPS) is 13.4. The van der Waals surface area contributed by atoms with Crippen LogP contribution in [0.4, 0.5) is 0 Å². The number of carbonyl (C=O) groups excluding carboxylic acids is 1. The van der Waals surface area contributed by atoms with Gasteiger partial charge in [0, 0.05) is 12.0 Å². The average molecular weight is 202 g/mol. The Morgan fingerprint density at radius 3 is 2.29 bits per heavy atom. The minimum Gasteiger partial charge on any atom is -0.481 e. The predicted octanol–water partition coefficient (Wildman–Crippen LogP) is 0.0932. The van der Waals surface area contributed by atoms with Crippen LogP contribution < -0.4 is 11.1 Å². The summed E-state index contributed by atoms with van der Waals surface area (Å²) in [6.45, 7) is 5.53. The second kappa shape index (κ2) is 4.95. The fourth-order valence-corrected chi connectivity index (χ4v) is 0.872. The molecule has 0 heterocycles. The number of carbonyl (C=O) groups is 2. The van der Waals surface area contributed by atoms with Crippen molar-refractivity contribution in [3.05, 3.63) is 0 Å². The highest BCUT2D eigenvalue weighted by Crippen LogP contribution is 2.01. The maximum atomic E-state index is 11.3. The Bertz CT molecular complexity index is 221. The van der Waals surface area contributed by atoms with Gasteiger partial charge in [-0.15, -0.1) is 0 Å². The van der Waals surface area contributed by atoms with Gasteiger partial charge in [-0.25, -0.2) is 0 Å². The summed E-state index contributed by atoms with van der Waals surface area (Å²) in [5.74, 6) is -1.25. The lowest BCUT2D eigenvalue weighted by Gasteiger charge is -2.22. The van der Waals surface area contributed by atoms with Crippen molar-refractivity contribution < 1.29 is 14.7 Å². The Morgan fingerprint density at radius 1 is 1.43 bits per heavy atom. The van der Waals surface area contributed by atoms with Crippen LogP contribution in [0, 0.1) is 0 Å². The summed E-state index contributed by atoms with van der Waals surface area (Å²) in [6.07, 6.45) is 0.0793. The van der Waals surface area contributed by atoms with E-state index < -0.39 is 12.0 Å². The second-order valence-corrected chi connectivity index (χ2v) is 4.28. The van der Waals surface area contributed by atoms with E-state index in [2.05, 4.69) is 5.32 Å². The fraction of sp³-hybridized carbons (Fsp3) is 0.778. The Labute approximate surface area is 83.7 Å². The average Bonchev–Trinajstić information content (AvgIpc) is 1.96. The molecule has 0 aliphatic heterocycles. The number of aliphatic carboxylic acids is 1. The van der Waals surface area contributed by atoms with Crippen molar-refractivity contribution in [2.45, 2.75) is 45.2 Å². The molecule has 0 aromatic carbocycles. The third kappa shape index (κ3) is 6.42. The molecule has 0 aliphatic carbocycles. The van der Waals surface area contributed by atoms with Crippen molar-refractivity contribution >= 4 is 11.9 Å². The third-order valence-corrected chi connectivity index (χ3v) is 1.50. The van der Waals surface area contributed by atoms with Crippen molar-refractivity contribution in [1.82, 2.24) is 5.32 Å². The molecule has 0 rings (SSSR count). The molecular formula is C9H18N2O3. The van der Waals surface area contributed by atoms with E-state index in [1.165, 1.54) is 0 Å². The van der Waals surface area contributed by atoms with E-state index in [1.807, 2.05) is 20.8 Å². The molecular weight excluding hydrogens is 184 g/mol. The van der Waals surface area contributed by atoms with Crippen molar-refractivity contribution in [1.29, 1.82) is 0 Å². The van der Waals surface area contributed by atoms with Crippen LogP contribution in [0.25, 0.3) is 0 Å². The molecule has 5 nitrogen and oxygen atoms in total. The van der Waals surface area contributed by atoms with Crippen LogP contribution in [-0.4, -0.2) is 28.6 Å². The number of nitrogens with one attached hydrogen (secondary N) is 1. The topological polar surface area (TPSA) is 92.4 Å².